The number of aromatic nitrogens is 1. The molecule has 0 aliphatic carbocycles. The Hall–Kier alpha value is -2.29. The summed E-state index contributed by atoms with van der Waals surface area (Å²) in [5, 5.41) is 5.09. The number of benzene rings is 1. The highest BCUT2D eigenvalue weighted by atomic mass is 16.2. The van der Waals surface area contributed by atoms with Gasteiger partial charge < -0.3 is 14.4 Å². The maximum Gasteiger partial charge on any atom is 0.240 e. The second kappa shape index (κ2) is 8.83. The molecule has 0 bridgehead atoms. The second-order valence-electron chi connectivity index (χ2n) is 9.18. The normalized spacial score (nSPS) is 22.1. The van der Waals surface area contributed by atoms with Gasteiger partial charge in [-0.2, -0.15) is 0 Å². The lowest BCUT2D eigenvalue weighted by molar-refractivity contribution is -0.135. The summed E-state index contributed by atoms with van der Waals surface area (Å²) >= 11 is 0. The van der Waals surface area contributed by atoms with Crippen LogP contribution >= 0.6 is 0 Å². The van der Waals surface area contributed by atoms with Gasteiger partial charge in [-0.05, 0) is 49.9 Å². The standard InChI is InChI=1S/C25H34N4O/c1-5-6-10-29-17-19-16-22(25(30)28-13-11-27(4)12-14-28)26-21(15-18(2)3)20-8-7-9-23(29)24(19)20/h7-9,17-18,21-22,26H,10-16H2,1-4H3/t21-,22-/m0/s1. The first-order valence-electron chi connectivity index (χ1n) is 11.2. The van der Waals surface area contributed by atoms with Gasteiger partial charge in [0.05, 0.1) is 12.6 Å². The fourth-order valence-corrected chi connectivity index (χ4v) is 4.89. The molecule has 1 saturated heterocycles. The van der Waals surface area contributed by atoms with Crippen LogP contribution in [0.25, 0.3) is 10.9 Å². The van der Waals surface area contributed by atoms with E-state index >= 15 is 0 Å². The average Bonchev–Trinajstić information content (AvgIpc) is 3.00. The number of likely N-dealkylation sites (N-methyl/N-ethyl adjacent to an activating group) is 1. The molecule has 1 fully saturated rings. The van der Waals surface area contributed by atoms with E-state index in [0.29, 0.717) is 12.5 Å². The van der Waals surface area contributed by atoms with Crippen molar-refractivity contribution in [2.75, 3.05) is 33.2 Å². The summed E-state index contributed by atoms with van der Waals surface area (Å²) < 4.78 is 2.25. The van der Waals surface area contributed by atoms with Crippen LogP contribution in [0.2, 0.25) is 0 Å². The molecule has 2 atom stereocenters. The topological polar surface area (TPSA) is 40.5 Å². The highest BCUT2D eigenvalue weighted by molar-refractivity contribution is 5.90. The predicted octanol–water partition coefficient (Wildman–Crippen LogP) is 3.04. The Balaban J connectivity index is 1.72. The molecule has 1 N–H and O–H groups in total. The largest absolute Gasteiger partial charge is 0.339 e. The summed E-state index contributed by atoms with van der Waals surface area (Å²) in [5.74, 6) is 7.01. The fraction of sp³-hybridized carbons (Fsp3) is 0.560. The fourth-order valence-electron chi connectivity index (χ4n) is 4.89. The Kier molecular flexibility index (Phi) is 6.17. The third-order valence-electron chi connectivity index (χ3n) is 6.47. The molecule has 0 radical (unpaired) electrons. The van der Waals surface area contributed by atoms with E-state index in [1.165, 1.54) is 22.0 Å². The summed E-state index contributed by atoms with van der Waals surface area (Å²) in [4.78, 5) is 17.9. The van der Waals surface area contributed by atoms with E-state index in [9.17, 15) is 4.79 Å². The maximum atomic E-state index is 13.5. The number of rotatable bonds is 4. The van der Waals surface area contributed by atoms with Crippen molar-refractivity contribution in [2.45, 2.75) is 52.2 Å². The van der Waals surface area contributed by atoms with Crippen molar-refractivity contribution in [3.05, 3.63) is 35.5 Å². The Bertz CT molecular complexity index is 972. The van der Waals surface area contributed by atoms with Gasteiger partial charge in [-0.1, -0.05) is 31.9 Å². The molecule has 0 spiro atoms. The van der Waals surface area contributed by atoms with Crippen LogP contribution in [0.3, 0.4) is 0 Å². The summed E-state index contributed by atoms with van der Waals surface area (Å²) in [6, 6.07) is 6.58. The SMILES string of the molecule is CC#CCn1cc2c3c(cccc31)[C@H](CC(C)C)N[C@H](C(=O)N1CCN(C)CC1)C2. The van der Waals surface area contributed by atoms with Gasteiger partial charge in [0.25, 0.3) is 0 Å². The van der Waals surface area contributed by atoms with Gasteiger partial charge in [-0.3, -0.25) is 10.1 Å². The van der Waals surface area contributed by atoms with Gasteiger partial charge in [-0.15, -0.1) is 5.92 Å². The van der Waals surface area contributed by atoms with Crippen LogP contribution in [0.4, 0.5) is 0 Å². The molecule has 30 heavy (non-hydrogen) atoms. The number of carbonyl (C=O) groups excluding carboxylic acids is 1. The van der Waals surface area contributed by atoms with E-state index in [4.69, 9.17) is 0 Å². The Morgan fingerprint density at radius 2 is 2.00 bits per heavy atom. The minimum atomic E-state index is -0.180. The summed E-state index contributed by atoms with van der Waals surface area (Å²) in [6.45, 7) is 10.6. The summed E-state index contributed by atoms with van der Waals surface area (Å²) in [6.07, 6.45) is 3.98. The van der Waals surface area contributed by atoms with E-state index in [1.54, 1.807) is 0 Å². The molecular weight excluding hydrogens is 372 g/mol. The molecule has 1 amide bonds. The number of nitrogens with zero attached hydrogens (tertiary/aromatic N) is 3. The molecular formula is C25H34N4O. The van der Waals surface area contributed by atoms with Crippen molar-refractivity contribution in [3.8, 4) is 11.8 Å². The Morgan fingerprint density at radius 1 is 1.23 bits per heavy atom. The first-order valence-corrected chi connectivity index (χ1v) is 11.2. The number of nitrogens with one attached hydrogen (secondary N) is 1. The first kappa shape index (κ1) is 21.0. The monoisotopic (exact) mass is 406 g/mol. The zero-order valence-corrected chi connectivity index (χ0v) is 18.7. The maximum absolute atomic E-state index is 13.5. The number of amides is 1. The molecule has 5 nitrogen and oxygen atoms in total. The second-order valence-corrected chi connectivity index (χ2v) is 9.18. The third kappa shape index (κ3) is 4.12. The van der Waals surface area contributed by atoms with Crippen molar-refractivity contribution < 1.29 is 4.79 Å². The lowest BCUT2D eigenvalue weighted by atomic mass is 9.94. The molecule has 0 saturated carbocycles. The van der Waals surface area contributed by atoms with Crippen LogP contribution in [-0.4, -0.2) is 59.5 Å². The van der Waals surface area contributed by atoms with Crippen LogP contribution in [0.15, 0.2) is 24.4 Å². The molecule has 2 aromatic rings. The molecule has 2 aliphatic heterocycles. The van der Waals surface area contributed by atoms with Crippen molar-refractivity contribution >= 4 is 16.8 Å². The van der Waals surface area contributed by atoms with E-state index in [-0.39, 0.29) is 18.0 Å². The Morgan fingerprint density at radius 3 is 2.70 bits per heavy atom. The zero-order chi connectivity index (χ0) is 21.3. The van der Waals surface area contributed by atoms with E-state index < -0.39 is 0 Å². The van der Waals surface area contributed by atoms with Crippen molar-refractivity contribution in [2.24, 2.45) is 5.92 Å². The highest BCUT2D eigenvalue weighted by Crippen LogP contribution is 2.36. The minimum Gasteiger partial charge on any atom is -0.339 e. The van der Waals surface area contributed by atoms with Crippen molar-refractivity contribution in [3.63, 3.8) is 0 Å². The van der Waals surface area contributed by atoms with Crippen LogP contribution < -0.4 is 5.32 Å². The summed E-state index contributed by atoms with van der Waals surface area (Å²) in [7, 11) is 2.12. The molecule has 2 aliphatic rings. The number of piperazine rings is 1. The van der Waals surface area contributed by atoms with E-state index in [2.05, 4.69) is 76.8 Å². The minimum absolute atomic E-state index is 0.180. The number of hydrogen-bond acceptors (Lipinski definition) is 3. The quantitative estimate of drug-likeness (QED) is 0.794. The molecule has 5 heteroatoms. The van der Waals surface area contributed by atoms with Gasteiger partial charge in [0.2, 0.25) is 5.91 Å². The Labute approximate surface area is 180 Å². The molecule has 1 aromatic heterocycles. The number of carbonyl (C=O) groups is 1. The smallest absolute Gasteiger partial charge is 0.240 e. The van der Waals surface area contributed by atoms with Crippen molar-refractivity contribution in [1.82, 2.24) is 19.7 Å². The molecule has 3 heterocycles. The van der Waals surface area contributed by atoms with E-state index in [0.717, 1.165) is 39.0 Å². The first-order chi connectivity index (χ1) is 14.5. The summed E-state index contributed by atoms with van der Waals surface area (Å²) in [5.41, 5.74) is 3.83. The van der Waals surface area contributed by atoms with Crippen LogP contribution in [0.5, 0.6) is 0 Å². The van der Waals surface area contributed by atoms with Gasteiger partial charge in [0.15, 0.2) is 0 Å². The lowest BCUT2D eigenvalue weighted by Crippen LogP contribution is -2.54. The van der Waals surface area contributed by atoms with Crippen LogP contribution in [0, 0.1) is 17.8 Å². The number of hydrogen-bond donors (Lipinski definition) is 1. The lowest BCUT2D eigenvalue weighted by Gasteiger charge is -2.35. The van der Waals surface area contributed by atoms with Crippen LogP contribution in [-0.2, 0) is 17.8 Å². The predicted molar refractivity (Wildman–Crippen MR) is 122 cm³/mol. The van der Waals surface area contributed by atoms with Crippen molar-refractivity contribution in [1.29, 1.82) is 0 Å². The average molecular weight is 407 g/mol. The van der Waals surface area contributed by atoms with E-state index in [1.807, 2.05) is 6.92 Å². The van der Waals surface area contributed by atoms with Gasteiger partial charge in [0.1, 0.15) is 0 Å². The molecule has 1 aromatic carbocycles. The van der Waals surface area contributed by atoms with Gasteiger partial charge in [0, 0.05) is 49.3 Å². The van der Waals surface area contributed by atoms with Crippen LogP contribution in [0.1, 0.15) is 44.4 Å². The van der Waals surface area contributed by atoms with Gasteiger partial charge in [-0.25, -0.2) is 0 Å². The molecule has 0 unspecified atom stereocenters. The third-order valence-corrected chi connectivity index (χ3v) is 6.47. The molecule has 4 rings (SSSR count). The molecule has 160 valence electrons. The zero-order valence-electron chi connectivity index (χ0n) is 18.7. The van der Waals surface area contributed by atoms with Gasteiger partial charge >= 0.3 is 0 Å². The highest BCUT2D eigenvalue weighted by Gasteiger charge is 2.33.